The van der Waals surface area contributed by atoms with E-state index in [-0.39, 0.29) is 6.61 Å². The van der Waals surface area contributed by atoms with E-state index in [1.54, 1.807) is 12.4 Å². The molecule has 0 saturated heterocycles. The Bertz CT molecular complexity index is 570. The quantitative estimate of drug-likeness (QED) is 0.779. The van der Waals surface area contributed by atoms with Crippen molar-refractivity contribution in [3.05, 3.63) is 36.2 Å². The van der Waals surface area contributed by atoms with Crippen molar-refractivity contribution in [2.75, 3.05) is 17.3 Å². The summed E-state index contributed by atoms with van der Waals surface area (Å²) in [6, 6.07) is 5.79. The lowest BCUT2D eigenvalue weighted by Gasteiger charge is -2.28. The number of benzene rings is 1. The van der Waals surface area contributed by atoms with Gasteiger partial charge in [0.05, 0.1) is 18.0 Å². The molecule has 1 aromatic heterocycles. The maximum atomic E-state index is 9.13. The van der Waals surface area contributed by atoms with E-state index in [1.165, 1.54) is 0 Å². The van der Waals surface area contributed by atoms with Crippen LogP contribution in [0.2, 0.25) is 0 Å². The Morgan fingerprint density at radius 3 is 2.94 bits per heavy atom. The van der Waals surface area contributed by atoms with Crippen molar-refractivity contribution in [2.24, 2.45) is 0 Å². The third-order valence-electron chi connectivity index (χ3n) is 2.85. The second-order valence-electron chi connectivity index (χ2n) is 3.92. The van der Waals surface area contributed by atoms with Crippen LogP contribution in [0.25, 0.3) is 0 Å². The second kappa shape index (κ2) is 3.71. The summed E-state index contributed by atoms with van der Waals surface area (Å²) in [5, 5.41) is 12.4. The van der Waals surface area contributed by atoms with Crippen molar-refractivity contribution in [3.63, 3.8) is 0 Å². The van der Waals surface area contributed by atoms with Gasteiger partial charge in [-0.2, -0.15) is 0 Å². The highest BCUT2D eigenvalue weighted by Crippen LogP contribution is 2.40. The molecule has 0 fully saturated rings. The van der Waals surface area contributed by atoms with E-state index in [0.29, 0.717) is 0 Å². The first-order chi connectivity index (χ1) is 8.29. The zero-order valence-corrected chi connectivity index (χ0v) is 9.38. The molecule has 5 heteroatoms. The molecule has 3 rings (SSSR count). The van der Waals surface area contributed by atoms with Crippen LogP contribution >= 0.6 is 0 Å². The van der Waals surface area contributed by atoms with Gasteiger partial charge in [-0.3, -0.25) is 0 Å². The smallest absolute Gasteiger partial charge is 0.176 e. The van der Waals surface area contributed by atoms with Gasteiger partial charge in [0.1, 0.15) is 0 Å². The fraction of sp³-hybridized carbons (Fsp3) is 0.167. The van der Waals surface area contributed by atoms with Crippen LogP contribution < -0.4 is 10.2 Å². The van der Waals surface area contributed by atoms with Gasteiger partial charge >= 0.3 is 0 Å². The molecule has 1 aliphatic heterocycles. The van der Waals surface area contributed by atoms with Crippen LogP contribution in [0.1, 0.15) is 5.56 Å². The van der Waals surface area contributed by atoms with Crippen molar-refractivity contribution < 1.29 is 5.11 Å². The topological polar surface area (TPSA) is 61.3 Å². The molecule has 0 atom stereocenters. The van der Waals surface area contributed by atoms with Gasteiger partial charge in [-0.1, -0.05) is 6.07 Å². The number of aliphatic hydroxyl groups is 1. The zero-order valence-electron chi connectivity index (χ0n) is 9.38. The molecule has 0 spiro atoms. The molecule has 0 radical (unpaired) electrons. The summed E-state index contributed by atoms with van der Waals surface area (Å²) in [5.41, 5.74) is 2.83. The monoisotopic (exact) mass is 228 g/mol. The fourth-order valence-electron chi connectivity index (χ4n) is 1.98. The van der Waals surface area contributed by atoms with Gasteiger partial charge in [-0.15, -0.1) is 0 Å². The Kier molecular flexibility index (Phi) is 2.19. The molecule has 0 aliphatic carbocycles. The molecule has 5 nitrogen and oxygen atoms in total. The molecular weight excluding hydrogens is 216 g/mol. The summed E-state index contributed by atoms with van der Waals surface area (Å²) in [5.74, 6) is 1.54. The lowest BCUT2D eigenvalue weighted by atomic mass is 10.1. The number of hydrogen-bond donors (Lipinski definition) is 2. The number of aliphatic hydroxyl groups excluding tert-OH is 1. The van der Waals surface area contributed by atoms with E-state index in [0.717, 1.165) is 28.6 Å². The molecule has 1 aliphatic rings. The molecule has 0 amide bonds. The van der Waals surface area contributed by atoms with Gasteiger partial charge in [0.2, 0.25) is 0 Å². The van der Waals surface area contributed by atoms with Crippen LogP contribution in [0.3, 0.4) is 0 Å². The number of rotatable bonds is 1. The SMILES string of the molecule is CN1c2ccc(CO)cc2Nc2nccnc21. The Hall–Kier alpha value is -2.14. The minimum Gasteiger partial charge on any atom is -0.392 e. The molecule has 2 aromatic rings. The fourth-order valence-corrected chi connectivity index (χ4v) is 1.98. The van der Waals surface area contributed by atoms with Gasteiger partial charge < -0.3 is 15.3 Å². The van der Waals surface area contributed by atoms with Crippen molar-refractivity contribution in [1.82, 2.24) is 9.97 Å². The number of anilines is 4. The maximum Gasteiger partial charge on any atom is 0.176 e. The maximum absolute atomic E-state index is 9.13. The Morgan fingerprint density at radius 2 is 2.12 bits per heavy atom. The van der Waals surface area contributed by atoms with E-state index in [4.69, 9.17) is 5.11 Å². The number of fused-ring (bicyclic) bond motifs is 2. The highest BCUT2D eigenvalue weighted by molar-refractivity contribution is 5.88. The number of aromatic nitrogens is 2. The van der Waals surface area contributed by atoms with Crippen molar-refractivity contribution >= 4 is 23.0 Å². The summed E-state index contributed by atoms with van der Waals surface area (Å²) in [6.07, 6.45) is 3.32. The van der Waals surface area contributed by atoms with Crippen LogP contribution in [-0.4, -0.2) is 22.1 Å². The van der Waals surface area contributed by atoms with Gasteiger partial charge in [-0.25, -0.2) is 9.97 Å². The lowest BCUT2D eigenvalue weighted by molar-refractivity contribution is 0.282. The number of nitrogens with one attached hydrogen (secondary N) is 1. The Morgan fingerprint density at radius 1 is 1.29 bits per heavy atom. The van der Waals surface area contributed by atoms with Gasteiger partial charge in [0.15, 0.2) is 11.6 Å². The van der Waals surface area contributed by atoms with Crippen LogP contribution in [0.15, 0.2) is 30.6 Å². The second-order valence-corrected chi connectivity index (χ2v) is 3.92. The average molecular weight is 228 g/mol. The molecule has 86 valence electrons. The highest BCUT2D eigenvalue weighted by Gasteiger charge is 2.21. The van der Waals surface area contributed by atoms with E-state index in [9.17, 15) is 0 Å². The summed E-state index contributed by atoms with van der Waals surface area (Å²) < 4.78 is 0. The Balaban J connectivity index is 2.12. The average Bonchev–Trinajstić information content (AvgIpc) is 2.38. The normalized spacial score (nSPS) is 12.7. The first kappa shape index (κ1) is 10.0. The number of nitrogens with zero attached hydrogens (tertiary/aromatic N) is 3. The number of hydrogen-bond acceptors (Lipinski definition) is 5. The van der Waals surface area contributed by atoms with Crippen LogP contribution in [0.5, 0.6) is 0 Å². The first-order valence-corrected chi connectivity index (χ1v) is 5.35. The van der Waals surface area contributed by atoms with Crippen molar-refractivity contribution in [1.29, 1.82) is 0 Å². The molecule has 2 heterocycles. The van der Waals surface area contributed by atoms with Gasteiger partial charge in [-0.05, 0) is 17.7 Å². The summed E-state index contributed by atoms with van der Waals surface area (Å²) in [6.45, 7) is 0.0337. The minimum atomic E-state index is 0.0337. The predicted octanol–water partition coefficient (Wildman–Crippen LogP) is 1.79. The summed E-state index contributed by atoms with van der Waals surface area (Å²) >= 11 is 0. The van der Waals surface area contributed by atoms with Gasteiger partial charge in [0.25, 0.3) is 0 Å². The van der Waals surface area contributed by atoms with Crippen molar-refractivity contribution in [2.45, 2.75) is 6.61 Å². The van der Waals surface area contributed by atoms with Crippen LogP contribution in [0.4, 0.5) is 23.0 Å². The predicted molar refractivity (Wildman–Crippen MR) is 65.7 cm³/mol. The largest absolute Gasteiger partial charge is 0.392 e. The van der Waals surface area contributed by atoms with Gasteiger partial charge in [0, 0.05) is 19.4 Å². The molecule has 0 bridgehead atoms. The highest BCUT2D eigenvalue weighted by atomic mass is 16.3. The van der Waals surface area contributed by atoms with Crippen molar-refractivity contribution in [3.8, 4) is 0 Å². The summed E-state index contributed by atoms with van der Waals surface area (Å²) in [7, 11) is 1.95. The third-order valence-corrected chi connectivity index (χ3v) is 2.85. The van der Waals surface area contributed by atoms with E-state index >= 15 is 0 Å². The van der Waals surface area contributed by atoms with E-state index < -0.39 is 0 Å². The molecular formula is C12H12N4O. The van der Waals surface area contributed by atoms with Crippen LogP contribution in [0, 0.1) is 0 Å². The zero-order chi connectivity index (χ0) is 11.8. The minimum absolute atomic E-state index is 0.0337. The Labute approximate surface area is 98.8 Å². The molecule has 0 saturated carbocycles. The van der Waals surface area contributed by atoms with E-state index in [1.807, 2.05) is 30.1 Å². The molecule has 17 heavy (non-hydrogen) atoms. The molecule has 1 aromatic carbocycles. The standard InChI is InChI=1S/C12H12N4O/c1-16-10-3-2-8(7-17)6-9(10)15-11-12(16)14-5-4-13-11/h2-6,17H,7H2,1H3,(H,13,15). The summed E-state index contributed by atoms with van der Waals surface area (Å²) in [4.78, 5) is 10.5. The van der Waals surface area contributed by atoms with E-state index in [2.05, 4.69) is 15.3 Å². The third kappa shape index (κ3) is 1.52. The van der Waals surface area contributed by atoms with Crippen LogP contribution in [-0.2, 0) is 6.61 Å². The molecule has 2 N–H and O–H groups in total. The lowest BCUT2D eigenvalue weighted by Crippen LogP contribution is -2.19. The molecule has 0 unspecified atom stereocenters. The first-order valence-electron chi connectivity index (χ1n) is 5.35.